The Morgan fingerprint density at radius 1 is 1.00 bits per heavy atom. The SMILES string of the molecule is NC(=O)[C@@H](Cc1ccccc1)Oc1ccccc1. The van der Waals surface area contributed by atoms with Crippen molar-refractivity contribution in [2.75, 3.05) is 0 Å². The van der Waals surface area contributed by atoms with Crippen molar-refractivity contribution < 1.29 is 9.53 Å². The van der Waals surface area contributed by atoms with Gasteiger partial charge in [0, 0.05) is 6.42 Å². The second-order valence-electron chi connectivity index (χ2n) is 4.01. The van der Waals surface area contributed by atoms with E-state index < -0.39 is 12.0 Å². The van der Waals surface area contributed by atoms with Crippen LogP contribution < -0.4 is 10.5 Å². The average Bonchev–Trinajstić information content (AvgIpc) is 2.40. The number of hydrogen-bond donors (Lipinski definition) is 1. The minimum Gasteiger partial charge on any atom is -0.480 e. The van der Waals surface area contributed by atoms with Gasteiger partial charge >= 0.3 is 0 Å². The van der Waals surface area contributed by atoms with Crippen molar-refractivity contribution in [3.8, 4) is 5.75 Å². The summed E-state index contributed by atoms with van der Waals surface area (Å²) in [6.45, 7) is 0. The predicted octanol–water partition coefficient (Wildman–Crippen LogP) is 2.16. The highest BCUT2D eigenvalue weighted by molar-refractivity contribution is 5.79. The van der Waals surface area contributed by atoms with Crippen LogP contribution in [0.3, 0.4) is 0 Å². The van der Waals surface area contributed by atoms with Crippen LogP contribution in [0.1, 0.15) is 5.56 Å². The molecule has 0 bridgehead atoms. The molecule has 3 heteroatoms. The third kappa shape index (κ3) is 3.35. The summed E-state index contributed by atoms with van der Waals surface area (Å²) in [6, 6.07) is 18.9. The van der Waals surface area contributed by atoms with Crippen LogP contribution in [0, 0.1) is 0 Å². The molecule has 0 aliphatic heterocycles. The predicted molar refractivity (Wildman–Crippen MR) is 70.2 cm³/mol. The first-order chi connectivity index (χ1) is 8.75. The lowest BCUT2D eigenvalue weighted by atomic mass is 10.1. The van der Waals surface area contributed by atoms with Crippen LogP contribution in [-0.2, 0) is 11.2 Å². The van der Waals surface area contributed by atoms with E-state index in [4.69, 9.17) is 10.5 Å². The van der Waals surface area contributed by atoms with Gasteiger partial charge in [-0.2, -0.15) is 0 Å². The first kappa shape index (κ1) is 12.2. The maximum Gasteiger partial charge on any atom is 0.258 e. The van der Waals surface area contributed by atoms with Gasteiger partial charge in [-0.15, -0.1) is 0 Å². The van der Waals surface area contributed by atoms with Crippen molar-refractivity contribution in [2.45, 2.75) is 12.5 Å². The zero-order valence-corrected chi connectivity index (χ0v) is 9.95. The molecule has 0 saturated carbocycles. The maximum absolute atomic E-state index is 11.4. The van der Waals surface area contributed by atoms with Gasteiger partial charge in [0.15, 0.2) is 6.10 Å². The topological polar surface area (TPSA) is 52.3 Å². The van der Waals surface area contributed by atoms with Gasteiger partial charge in [0.25, 0.3) is 5.91 Å². The summed E-state index contributed by atoms with van der Waals surface area (Å²) in [5.41, 5.74) is 6.39. The number of carbonyl (C=O) groups is 1. The molecule has 18 heavy (non-hydrogen) atoms. The third-order valence-corrected chi connectivity index (χ3v) is 2.60. The fourth-order valence-electron chi connectivity index (χ4n) is 1.69. The van der Waals surface area contributed by atoms with Crippen LogP contribution in [0.15, 0.2) is 60.7 Å². The molecular formula is C15H15NO2. The Morgan fingerprint density at radius 2 is 1.56 bits per heavy atom. The van der Waals surface area contributed by atoms with Crippen LogP contribution in [0.25, 0.3) is 0 Å². The number of nitrogens with two attached hydrogens (primary N) is 1. The molecule has 0 aromatic heterocycles. The van der Waals surface area contributed by atoms with Gasteiger partial charge in [-0.25, -0.2) is 0 Å². The zero-order valence-electron chi connectivity index (χ0n) is 9.95. The minimum atomic E-state index is -0.644. The summed E-state index contributed by atoms with van der Waals surface area (Å²) in [6.07, 6.45) is -0.166. The second-order valence-corrected chi connectivity index (χ2v) is 4.01. The summed E-state index contributed by atoms with van der Waals surface area (Å²) in [5, 5.41) is 0. The van der Waals surface area contributed by atoms with E-state index in [0.717, 1.165) is 5.56 Å². The highest BCUT2D eigenvalue weighted by Crippen LogP contribution is 2.13. The van der Waals surface area contributed by atoms with E-state index in [0.29, 0.717) is 12.2 Å². The molecule has 3 nitrogen and oxygen atoms in total. The van der Waals surface area contributed by atoms with Crippen molar-refractivity contribution in [1.82, 2.24) is 0 Å². The summed E-state index contributed by atoms with van der Waals surface area (Å²) >= 11 is 0. The smallest absolute Gasteiger partial charge is 0.258 e. The van der Waals surface area contributed by atoms with Gasteiger partial charge in [0.05, 0.1) is 0 Å². The molecule has 0 aliphatic carbocycles. The third-order valence-electron chi connectivity index (χ3n) is 2.60. The van der Waals surface area contributed by atoms with Crippen LogP contribution >= 0.6 is 0 Å². The van der Waals surface area contributed by atoms with Crippen LogP contribution in [0.4, 0.5) is 0 Å². The second kappa shape index (κ2) is 5.87. The molecule has 2 aromatic carbocycles. The fourth-order valence-corrected chi connectivity index (χ4v) is 1.69. The van der Waals surface area contributed by atoms with Crippen molar-refractivity contribution >= 4 is 5.91 Å². The van der Waals surface area contributed by atoms with E-state index in [1.54, 1.807) is 12.1 Å². The normalized spacial score (nSPS) is 11.8. The van der Waals surface area contributed by atoms with Gasteiger partial charge in [-0.1, -0.05) is 48.5 Å². The van der Waals surface area contributed by atoms with Crippen LogP contribution in [0.5, 0.6) is 5.75 Å². The molecule has 0 saturated heterocycles. The zero-order chi connectivity index (χ0) is 12.8. The first-order valence-electron chi connectivity index (χ1n) is 5.80. The number of amides is 1. The maximum atomic E-state index is 11.4. The van der Waals surface area contributed by atoms with E-state index in [9.17, 15) is 4.79 Å². The lowest BCUT2D eigenvalue weighted by Gasteiger charge is -2.16. The molecule has 0 radical (unpaired) electrons. The van der Waals surface area contributed by atoms with Crippen molar-refractivity contribution in [2.24, 2.45) is 5.73 Å². The molecule has 1 amide bonds. The Balaban J connectivity index is 2.08. The number of rotatable bonds is 5. The number of para-hydroxylation sites is 1. The van der Waals surface area contributed by atoms with Crippen molar-refractivity contribution in [1.29, 1.82) is 0 Å². The lowest BCUT2D eigenvalue weighted by molar-refractivity contribution is -0.124. The van der Waals surface area contributed by atoms with E-state index in [-0.39, 0.29) is 0 Å². The Labute approximate surface area is 106 Å². The van der Waals surface area contributed by atoms with Crippen molar-refractivity contribution in [3.05, 3.63) is 66.2 Å². The standard InChI is InChI=1S/C15H15NO2/c16-15(17)14(11-12-7-3-1-4-8-12)18-13-9-5-2-6-10-13/h1-10,14H,11H2,(H2,16,17)/t14-/m1/s1. The van der Waals surface area contributed by atoms with E-state index in [2.05, 4.69) is 0 Å². The summed E-state index contributed by atoms with van der Waals surface area (Å²) < 4.78 is 5.61. The minimum absolute atomic E-state index is 0.456. The van der Waals surface area contributed by atoms with Gasteiger partial charge in [-0.05, 0) is 17.7 Å². The summed E-state index contributed by atoms with van der Waals surface area (Å²) in [4.78, 5) is 11.4. The highest BCUT2D eigenvalue weighted by Gasteiger charge is 2.17. The van der Waals surface area contributed by atoms with Crippen LogP contribution in [-0.4, -0.2) is 12.0 Å². The van der Waals surface area contributed by atoms with Crippen molar-refractivity contribution in [3.63, 3.8) is 0 Å². The van der Waals surface area contributed by atoms with E-state index in [1.165, 1.54) is 0 Å². The Hall–Kier alpha value is -2.29. The molecule has 92 valence electrons. The number of carbonyl (C=O) groups excluding carboxylic acids is 1. The average molecular weight is 241 g/mol. The quantitative estimate of drug-likeness (QED) is 0.872. The number of benzene rings is 2. The largest absolute Gasteiger partial charge is 0.480 e. The summed E-state index contributed by atoms with van der Waals surface area (Å²) in [5.74, 6) is 0.194. The fraction of sp³-hybridized carbons (Fsp3) is 0.133. The van der Waals surface area contributed by atoms with Gasteiger partial charge in [0.2, 0.25) is 0 Å². The Kier molecular flexibility index (Phi) is 3.97. The van der Waals surface area contributed by atoms with Gasteiger partial charge in [0.1, 0.15) is 5.75 Å². The number of primary amides is 1. The molecule has 0 unspecified atom stereocenters. The molecule has 1 atom stereocenters. The lowest BCUT2D eigenvalue weighted by Crippen LogP contribution is -2.35. The Bertz CT molecular complexity index is 455. The molecule has 2 rings (SSSR count). The molecule has 2 N–H and O–H groups in total. The molecule has 0 fully saturated rings. The highest BCUT2D eigenvalue weighted by atomic mass is 16.5. The van der Waals surface area contributed by atoms with E-state index >= 15 is 0 Å². The number of ether oxygens (including phenoxy) is 1. The number of hydrogen-bond acceptors (Lipinski definition) is 2. The summed E-state index contributed by atoms with van der Waals surface area (Å²) in [7, 11) is 0. The Morgan fingerprint density at radius 3 is 2.11 bits per heavy atom. The molecule has 0 heterocycles. The molecule has 0 aliphatic rings. The first-order valence-corrected chi connectivity index (χ1v) is 5.80. The van der Waals surface area contributed by atoms with E-state index in [1.807, 2.05) is 48.5 Å². The monoisotopic (exact) mass is 241 g/mol. The van der Waals surface area contributed by atoms with Gasteiger partial charge in [-0.3, -0.25) is 4.79 Å². The molecular weight excluding hydrogens is 226 g/mol. The van der Waals surface area contributed by atoms with Gasteiger partial charge < -0.3 is 10.5 Å². The molecule has 2 aromatic rings. The van der Waals surface area contributed by atoms with Crippen LogP contribution in [0.2, 0.25) is 0 Å². The molecule has 0 spiro atoms.